The summed E-state index contributed by atoms with van der Waals surface area (Å²) in [4.78, 5) is 0. The van der Waals surface area contributed by atoms with Crippen LogP contribution in [0.25, 0.3) is 0 Å². The number of rotatable bonds is 3. The first-order chi connectivity index (χ1) is 8.56. The smallest absolute Gasteiger partial charge is 0.0409 e. The zero-order valence-electron chi connectivity index (χ0n) is 11.3. The Morgan fingerprint density at radius 2 is 2.11 bits per heavy atom. The van der Waals surface area contributed by atoms with E-state index in [0.29, 0.717) is 11.5 Å². The van der Waals surface area contributed by atoms with Crippen LogP contribution in [-0.4, -0.2) is 6.54 Å². The van der Waals surface area contributed by atoms with Crippen LogP contribution in [-0.2, 0) is 6.42 Å². The predicted molar refractivity (Wildman–Crippen MR) is 77.0 cm³/mol. The summed E-state index contributed by atoms with van der Waals surface area (Å²) in [6, 6.07) is 6.84. The van der Waals surface area contributed by atoms with Crippen LogP contribution in [0.5, 0.6) is 0 Å². The minimum atomic E-state index is 0.302. The second-order valence-electron chi connectivity index (χ2n) is 6.65. The van der Waals surface area contributed by atoms with Crippen LogP contribution in [0.3, 0.4) is 0 Å². The maximum Gasteiger partial charge on any atom is 0.0409 e. The van der Waals surface area contributed by atoms with E-state index in [9.17, 15) is 0 Å². The summed E-state index contributed by atoms with van der Waals surface area (Å²) in [6.45, 7) is 5.89. The van der Waals surface area contributed by atoms with Gasteiger partial charge in [-0.1, -0.05) is 37.9 Å². The number of halogens is 1. The molecule has 0 spiro atoms. The highest BCUT2D eigenvalue weighted by Gasteiger charge is 2.39. The lowest BCUT2D eigenvalue weighted by molar-refractivity contribution is 0.227. The molecule has 1 aromatic rings. The molecule has 0 bridgehead atoms. The summed E-state index contributed by atoms with van der Waals surface area (Å²) in [5, 5.41) is 4.66. The molecule has 1 nitrogen and oxygen atoms in total. The Kier molecular flexibility index (Phi) is 3.15. The predicted octanol–water partition coefficient (Wildman–Crippen LogP) is 4.35. The number of hydrogen-bond donors (Lipinski definition) is 1. The second kappa shape index (κ2) is 4.54. The topological polar surface area (TPSA) is 12.0 Å². The van der Waals surface area contributed by atoms with Gasteiger partial charge in [-0.2, -0.15) is 0 Å². The molecule has 1 atom stereocenters. The van der Waals surface area contributed by atoms with Crippen molar-refractivity contribution >= 4 is 11.6 Å². The van der Waals surface area contributed by atoms with E-state index in [2.05, 4.69) is 31.3 Å². The Bertz CT molecular complexity index is 448. The molecule has 3 rings (SSSR count). The van der Waals surface area contributed by atoms with Gasteiger partial charge in [0.25, 0.3) is 0 Å². The van der Waals surface area contributed by atoms with Crippen LogP contribution in [0.4, 0.5) is 0 Å². The fourth-order valence-corrected chi connectivity index (χ4v) is 3.56. The molecule has 0 radical (unpaired) electrons. The number of hydrogen-bond acceptors (Lipinski definition) is 1. The third kappa shape index (κ3) is 2.19. The van der Waals surface area contributed by atoms with Crippen molar-refractivity contribution in [3.63, 3.8) is 0 Å². The Hall–Kier alpha value is -0.530. The molecule has 1 fully saturated rings. The Morgan fingerprint density at radius 3 is 2.78 bits per heavy atom. The van der Waals surface area contributed by atoms with E-state index >= 15 is 0 Å². The molecule has 1 aromatic carbocycles. The van der Waals surface area contributed by atoms with Crippen molar-refractivity contribution in [1.29, 1.82) is 0 Å². The van der Waals surface area contributed by atoms with E-state index in [1.54, 1.807) is 0 Å². The molecule has 2 aliphatic rings. The SMILES string of the molecule is CC1(C)Cc2ccc(Cl)cc2C1NCC1CCC1. The van der Waals surface area contributed by atoms with Crippen LogP contribution in [0, 0.1) is 11.3 Å². The average Bonchev–Trinajstić information content (AvgIpc) is 2.48. The summed E-state index contributed by atoms with van der Waals surface area (Å²) >= 11 is 6.16. The van der Waals surface area contributed by atoms with Crippen LogP contribution in [0.1, 0.15) is 50.3 Å². The van der Waals surface area contributed by atoms with Crippen molar-refractivity contribution in [1.82, 2.24) is 5.32 Å². The van der Waals surface area contributed by atoms with Crippen LogP contribution in [0.2, 0.25) is 5.02 Å². The summed E-state index contributed by atoms with van der Waals surface area (Å²) < 4.78 is 0. The maximum absolute atomic E-state index is 6.16. The van der Waals surface area contributed by atoms with Gasteiger partial charge in [-0.05, 0) is 60.4 Å². The molecule has 2 aliphatic carbocycles. The fraction of sp³-hybridized carbons (Fsp3) is 0.625. The molecule has 0 saturated heterocycles. The monoisotopic (exact) mass is 263 g/mol. The van der Waals surface area contributed by atoms with Crippen molar-refractivity contribution in [3.8, 4) is 0 Å². The first-order valence-electron chi connectivity index (χ1n) is 7.08. The lowest BCUT2D eigenvalue weighted by atomic mass is 9.82. The third-order valence-electron chi connectivity index (χ3n) is 4.68. The van der Waals surface area contributed by atoms with Crippen LogP contribution < -0.4 is 5.32 Å². The fourth-order valence-electron chi connectivity index (χ4n) is 3.38. The molecule has 98 valence electrons. The minimum Gasteiger partial charge on any atom is -0.309 e. The quantitative estimate of drug-likeness (QED) is 0.855. The largest absolute Gasteiger partial charge is 0.309 e. The molecule has 2 heteroatoms. The van der Waals surface area contributed by atoms with Gasteiger partial charge < -0.3 is 5.32 Å². The lowest BCUT2D eigenvalue weighted by Crippen LogP contribution is -2.36. The molecule has 1 N–H and O–H groups in total. The number of benzene rings is 1. The lowest BCUT2D eigenvalue weighted by Gasteiger charge is -2.33. The van der Waals surface area contributed by atoms with E-state index < -0.39 is 0 Å². The zero-order valence-corrected chi connectivity index (χ0v) is 12.1. The standard InChI is InChI=1S/C16H22ClN/c1-16(2)9-12-6-7-13(17)8-14(12)15(16)18-10-11-4-3-5-11/h6-8,11,15,18H,3-5,9-10H2,1-2H3. The van der Waals surface area contributed by atoms with Gasteiger partial charge in [-0.3, -0.25) is 0 Å². The third-order valence-corrected chi connectivity index (χ3v) is 4.92. The molecule has 0 amide bonds. The van der Waals surface area contributed by atoms with Gasteiger partial charge >= 0.3 is 0 Å². The first kappa shape index (κ1) is 12.5. The van der Waals surface area contributed by atoms with Gasteiger partial charge in [-0.15, -0.1) is 0 Å². The van der Waals surface area contributed by atoms with Crippen molar-refractivity contribution < 1.29 is 0 Å². The van der Waals surface area contributed by atoms with E-state index in [4.69, 9.17) is 11.6 Å². The van der Waals surface area contributed by atoms with Gasteiger partial charge in [0.05, 0.1) is 0 Å². The van der Waals surface area contributed by atoms with E-state index in [-0.39, 0.29) is 0 Å². The average molecular weight is 264 g/mol. The Labute approximate surface area is 115 Å². The zero-order chi connectivity index (χ0) is 12.8. The van der Waals surface area contributed by atoms with E-state index in [1.807, 2.05) is 6.07 Å². The second-order valence-corrected chi connectivity index (χ2v) is 7.08. The molecule has 0 heterocycles. The summed E-state index contributed by atoms with van der Waals surface area (Å²) in [7, 11) is 0. The molecule has 18 heavy (non-hydrogen) atoms. The van der Waals surface area contributed by atoms with Crippen molar-refractivity contribution in [2.24, 2.45) is 11.3 Å². The van der Waals surface area contributed by atoms with E-state index in [1.165, 1.54) is 36.9 Å². The molecule has 1 unspecified atom stereocenters. The van der Waals surface area contributed by atoms with Crippen molar-refractivity contribution in [2.45, 2.75) is 45.6 Å². The summed E-state index contributed by atoms with van der Waals surface area (Å²) in [5.41, 5.74) is 3.19. The summed E-state index contributed by atoms with van der Waals surface area (Å²) in [5.74, 6) is 0.907. The van der Waals surface area contributed by atoms with Gasteiger partial charge in [0.2, 0.25) is 0 Å². The van der Waals surface area contributed by atoms with Crippen LogP contribution >= 0.6 is 11.6 Å². The highest BCUT2D eigenvalue weighted by molar-refractivity contribution is 6.30. The highest BCUT2D eigenvalue weighted by Crippen LogP contribution is 2.46. The minimum absolute atomic E-state index is 0.302. The molecule has 1 saturated carbocycles. The number of fused-ring (bicyclic) bond motifs is 1. The number of nitrogens with one attached hydrogen (secondary N) is 1. The summed E-state index contributed by atoms with van der Waals surface area (Å²) in [6.07, 6.45) is 5.38. The molecule has 0 aromatic heterocycles. The Morgan fingerprint density at radius 1 is 1.33 bits per heavy atom. The molecular formula is C16H22ClN. The van der Waals surface area contributed by atoms with Gasteiger partial charge in [0, 0.05) is 11.1 Å². The van der Waals surface area contributed by atoms with Gasteiger partial charge in [0.1, 0.15) is 0 Å². The van der Waals surface area contributed by atoms with Crippen LogP contribution in [0.15, 0.2) is 18.2 Å². The highest BCUT2D eigenvalue weighted by atomic mass is 35.5. The van der Waals surface area contributed by atoms with E-state index in [0.717, 1.165) is 17.4 Å². The van der Waals surface area contributed by atoms with Gasteiger partial charge in [-0.25, -0.2) is 0 Å². The first-order valence-corrected chi connectivity index (χ1v) is 7.46. The normalized spacial score (nSPS) is 25.8. The maximum atomic E-state index is 6.16. The molecule has 0 aliphatic heterocycles. The van der Waals surface area contributed by atoms with Gasteiger partial charge in [0.15, 0.2) is 0 Å². The van der Waals surface area contributed by atoms with Crippen molar-refractivity contribution in [2.75, 3.05) is 6.54 Å². The Balaban J connectivity index is 1.80. The van der Waals surface area contributed by atoms with Crippen molar-refractivity contribution in [3.05, 3.63) is 34.3 Å². The molecular weight excluding hydrogens is 242 g/mol.